The first-order valence-corrected chi connectivity index (χ1v) is 7.31. The van der Waals surface area contributed by atoms with Crippen LogP contribution in [0.2, 0.25) is 0 Å². The lowest BCUT2D eigenvalue weighted by atomic mass is 10.1. The molecule has 5 heteroatoms. The number of thioether (sulfide) groups is 1. The van der Waals surface area contributed by atoms with Gasteiger partial charge in [-0.1, -0.05) is 41.6 Å². The Balaban J connectivity index is 2.15. The minimum absolute atomic E-state index is 0.248. The molecule has 3 nitrogen and oxygen atoms in total. The van der Waals surface area contributed by atoms with E-state index in [9.17, 15) is 4.79 Å². The Kier molecular flexibility index (Phi) is 4.04. The molecule has 0 radical (unpaired) electrons. The zero-order valence-corrected chi connectivity index (χ0v) is 11.8. The molecule has 1 unspecified atom stereocenters. The summed E-state index contributed by atoms with van der Waals surface area (Å²) in [6.45, 7) is 3.85. The van der Waals surface area contributed by atoms with Gasteiger partial charge in [-0.2, -0.15) is 0 Å². The van der Waals surface area contributed by atoms with Gasteiger partial charge in [-0.05, 0) is 13.8 Å². The molecule has 1 aromatic heterocycles. The third kappa shape index (κ3) is 3.11. The molecule has 0 bridgehead atoms. The van der Waals surface area contributed by atoms with Gasteiger partial charge in [-0.3, -0.25) is 4.79 Å². The highest BCUT2D eigenvalue weighted by Gasteiger charge is 2.13. The van der Waals surface area contributed by atoms with Crippen molar-refractivity contribution in [3.63, 3.8) is 0 Å². The number of carbonyl (C=O) groups is 1. The van der Waals surface area contributed by atoms with E-state index in [2.05, 4.69) is 36.2 Å². The van der Waals surface area contributed by atoms with Crippen molar-refractivity contribution in [1.82, 2.24) is 4.98 Å². The fourth-order valence-corrected chi connectivity index (χ4v) is 3.30. The van der Waals surface area contributed by atoms with Gasteiger partial charge < -0.3 is 5.73 Å². The number of rotatable bonds is 4. The highest BCUT2D eigenvalue weighted by Crippen LogP contribution is 2.30. The first kappa shape index (κ1) is 13.1. The molecule has 1 amide bonds. The molecule has 18 heavy (non-hydrogen) atoms. The number of nitrogens with two attached hydrogens (primary N) is 1. The number of amides is 1. The fourth-order valence-electron chi connectivity index (χ4n) is 1.38. The van der Waals surface area contributed by atoms with Crippen LogP contribution in [-0.4, -0.2) is 16.1 Å². The van der Waals surface area contributed by atoms with E-state index in [0.29, 0.717) is 0 Å². The van der Waals surface area contributed by atoms with Gasteiger partial charge in [0.05, 0.1) is 10.9 Å². The van der Waals surface area contributed by atoms with Crippen molar-refractivity contribution in [1.29, 1.82) is 0 Å². The predicted octanol–water partition coefficient (Wildman–Crippen LogP) is 3.08. The number of nitrogens with zero attached hydrogens (tertiary/aromatic N) is 1. The van der Waals surface area contributed by atoms with Crippen LogP contribution in [0.5, 0.6) is 0 Å². The lowest BCUT2D eigenvalue weighted by Crippen LogP contribution is -2.22. The van der Waals surface area contributed by atoms with E-state index in [1.807, 2.05) is 5.38 Å². The minimum Gasteiger partial charge on any atom is -0.369 e. The maximum atomic E-state index is 11.0. The lowest BCUT2D eigenvalue weighted by molar-refractivity contribution is -0.117. The molecule has 0 aliphatic carbocycles. The number of carbonyl (C=O) groups excluding carboxylic acids is 1. The summed E-state index contributed by atoms with van der Waals surface area (Å²) >= 11 is 2.94. The Labute approximate surface area is 114 Å². The van der Waals surface area contributed by atoms with Crippen LogP contribution in [0.25, 0.3) is 11.3 Å². The van der Waals surface area contributed by atoms with Gasteiger partial charge >= 0.3 is 0 Å². The molecule has 0 aliphatic rings. The second-order valence-electron chi connectivity index (χ2n) is 4.03. The van der Waals surface area contributed by atoms with E-state index >= 15 is 0 Å². The van der Waals surface area contributed by atoms with Gasteiger partial charge in [0, 0.05) is 10.9 Å². The number of aromatic nitrogens is 1. The summed E-state index contributed by atoms with van der Waals surface area (Å²) in [5, 5.41) is 1.75. The Morgan fingerprint density at radius 3 is 2.67 bits per heavy atom. The molecule has 2 aromatic rings. The summed E-state index contributed by atoms with van der Waals surface area (Å²) < 4.78 is 0.872. The number of aryl methyl sites for hydroxylation is 1. The zero-order valence-electron chi connectivity index (χ0n) is 10.2. The zero-order chi connectivity index (χ0) is 13.1. The lowest BCUT2D eigenvalue weighted by Gasteiger charge is -2.02. The quantitative estimate of drug-likeness (QED) is 0.874. The van der Waals surface area contributed by atoms with Crippen molar-refractivity contribution in [2.75, 3.05) is 0 Å². The Bertz CT molecular complexity index is 548. The molecule has 0 spiro atoms. The average molecular weight is 278 g/mol. The molecular weight excluding hydrogens is 264 g/mol. The molecule has 1 atom stereocenters. The van der Waals surface area contributed by atoms with Crippen LogP contribution < -0.4 is 5.73 Å². The summed E-state index contributed by atoms with van der Waals surface area (Å²) in [4.78, 5) is 15.5. The normalized spacial score (nSPS) is 12.3. The third-order valence-corrected chi connectivity index (χ3v) is 4.60. The summed E-state index contributed by atoms with van der Waals surface area (Å²) in [6.07, 6.45) is 0. The van der Waals surface area contributed by atoms with E-state index in [4.69, 9.17) is 5.73 Å². The first-order valence-electron chi connectivity index (χ1n) is 5.55. The molecule has 2 rings (SSSR count). The molecule has 1 heterocycles. The third-order valence-electron chi connectivity index (χ3n) is 2.51. The van der Waals surface area contributed by atoms with E-state index in [-0.39, 0.29) is 11.2 Å². The number of hydrogen-bond acceptors (Lipinski definition) is 4. The number of benzene rings is 1. The van der Waals surface area contributed by atoms with E-state index in [1.165, 1.54) is 28.7 Å². The molecule has 2 N–H and O–H groups in total. The second-order valence-corrected chi connectivity index (χ2v) is 6.47. The van der Waals surface area contributed by atoms with Crippen molar-refractivity contribution in [2.24, 2.45) is 5.73 Å². The van der Waals surface area contributed by atoms with Gasteiger partial charge in [-0.25, -0.2) is 4.98 Å². The van der Waals surface area contributed by atoms with Crippen molar-refractivity contribution in [3.8, 4) is 11.3 Å². The predicted molar refractivity (Wildman–Crippen MR) is 76.8 cm³/mol. The van der Waals surface area contributed by atoms with Crippen LogP contribution in [0.4, 0.5) is 0 Å². The Hall–Kier alpha value is -1.33. The van der Waals surface area contributed by atoms with Crippen LogP contribution >= 0.6 is 23.1 Å². The van der Waals surface area contributed by atoms with E-state index in [0.717, 1.165) is 15.6 Å². The van der Waals surface area contributed by atoms with Crippen LogP contribution in [-0.2, 0) is 4.79 Å². The van der Waals surface area contributed by atoms with Crippen LogP contribution in [0, 0.1) is 6.92 Å². The topological polar surface area (TPSA) is 56.0 Å². The van der Waals surface area contributed by atoms with Gasteiger partial charge in [0.1, 0.15) is 0 Å². The summed E-state index contributed by atoms with van der Waals surface area (Å²) in [6, 6.07) is 8.23. The molecule has 94 valence electrons. The highest BCUT2D eigenvalue weighted by molar-refractivity contribution is 8.02. The van der Waals surface area contributed by atoms with Crippen molar-refractivity contribution in [2.45, 2.75) is 23.4 Å². The maximum absolute atomic E-state index is 11.0. The SMILES string of the molecule is Cc1ccc(-c2csc(SC(C)C(N)=O)n2)cc1. The van der Waals surface area contributed by atoms with Crippen molar-refractivity contribution < 1.29 is 4.79 Å². The van der Waals surface area contributed by atoms with Gasteiger partial charge in [0.2, 0.25) is 5.91 Å². The van der Waals surface area contributed by atoms with Crippen molar-refractivity contribution in [3.05, 3.63) is 35.2 Å². The first-order chi connectivity index (χ1) is 8.56. The van der Waals surface area contributed by atoms with Gasteiger partial charge in [0.25, 0.3) is 0 Å². The minimum atomic E-state index is -0.313. The second kappa shape index (κ2) is 5.54. The molecule has 0 saturated heterocycles. The van der Waals surface area contributed by atoms with Gasteiger partial charge in [-0.15, -0.1) is 11.3 Å². The molecule has 1 aromatic carbocycles. The largest absolute Gasteiger partial charge is 0.369 e. The molecule has 0 fully saturated rings. The Morgan fingerprint density at radius 1 is 1.39 bits per heavy atom. The monoisotopic (exact) mass is 278 g/mol. The number of thiazole rings is 1. The summed E-state index contributed by atoms with van der Waals surface area (Å²) in [5.74, 6) is -0.313. The molecule has 0 aliphatic heterocycles. The summed E-state index contributed by atoms with van der Waals surface area (Å²) in [5.41, 5.74) is 8.50. The van der Waals surface area contributed by atoms with E-state index in [1.54, 1.807) is 6.92 Å². The van der Waals surface area contributed by atoms with Gasteiger partial charge in [0.15, 0.2) is 4.34 Å². The highest BCUT2D eigenvalue weighted by atomic mass is 32.2. The summed E-state index contributed by atoms with van der Waals surface area (Å²) in [7, 11) is 0. The molecular formula is C13H14N2OS2. The standard InChI is InChI=1S/C13H14N2OS2/c1-8-3-5-10(6-4-8)11-7-17-13(15-11)18-9(2)12(14)16/h3-7,9H,1-2H3,(H2,14,16). The average Bonchev–Trinajstić information content (AvgIpc) is 2.78. The molecule has 0 saturated carbocycles. The number of hydrogen-bond donors (Lipinski definition) is 1. The van der Waals surface area contributed by atoms with Crippen LogP contribution in [0.15, 0.2) is 34.0 Å². The smallest absolute Gasteiger partial charge is 0.230 e. The maximum Gasteiger partial charge on any atom is 0.230 e. The number of primary amides is 1. The Morgan fingerprint density at radius 2 is 2.06 bits per heavy atom. The van der Waals surface area contributed by atoms with Crippen LogP contribution in [0.3, 0.4) is 0 Å². The van der Waals surface area contributed by atoms with Crippen LogP contribution in [0.1, 0.15) is 12.5 Å². The van der Waals surface area contributed by atoms with E-state index < -0.39 is 0 Å². The fraction of sp³-hybridized carbons (Fsp3) is 0.231. The van der Waals surface area contributed by atoms with Crippen molar-refractivity contribution >= 4 is 29.0 Å².